The van der Waals surface area contributed by atoms with Crippen molar-refractivity contribution < 1.29 is 9.90 Å². The first kappa shape index (κ1) is 16.3. The molecular formula is C17H25NO2. The van der Waals surface area contributed by atoms with E-state index in [0.29, 0.717) is 11.1 Å². The summed E-state index contributed by atoms with van der Waals surface area (Å²) in [6.45, 7) is 10.1. The maximum absolute atomic E-state index is 11.1. The number of nitrogens with zero attached hydrogens (tertiary/aromatic N) is 1. The van der Waals surface area contributed by atoms with Crippen molar-refractivity contribution in [2.75, 3.05) is 18.0 Å². The Hall–Kier alpha value is -1.77. The molecule has 0 saturated heterocycles. The van der Waals surface area contributed by atoms with E-state index in [9.17, 15) is 4.79 Å². The van der Waals surface area contributed by atoms with Crippen molar-refractivity contribution in [1.29, 1.82) is 0 Å². The van der Waals surface area contributed by atoms with Gasteiger partial charge in [0.05, 0.1) is 5.56 Å². The van der Waals surface area contributed by atoms with Crippen LogP contribution in [-0.2, 0) is 0 Å². The van der Waals surface area contributed by atoms with Crippen LogP contribution < -0.4 is 4.90 Å². The Morgan fingerprint density at radius 2 is 1.85 bits per heavy atom. The number of hydrogen-bond acceptors (Lipinski definition) is 2. The molecule has 0 saturated carbocycles. The summed E-state index contributed by atoms with van der Waals surface area (Å²) in [5, 5.41) is 9.15. The van der Waals surface area contributed by atoms with E-state index in [-0.39, 0.29) is 0 Å². The second-order valence-electron chi connectivity index (χ2n) is 4.97. The van der Waals surface area contributed by atoms with E-state index in [1.807, 2.05) is 12.1 Å². The number of rotatable bonds is 9. The second-order valence-corrected chi connectivity index (χ2v) is 4.97. The number of carboxylic acids is 1. The van der Waals surface area contributed by atoms with E-state index in [2.05, 4.69) is 25.3 Å². The number of unbranched alkanes of at least 4 members (excludes halogenated alkanes) is 2. The normalized spacial score (nSPS) is 10.3. The molecule has 1 aromatic rings. The van der Waals surface area contributed by atoms with Crippen LogP contribution in [0.3, 0.4) is 0 Å². The Bertz CT molecular complexity index is 446. The third kappa shape index (κ3) is 4.41. The average molecular weight is 275 g/mol. The molecule has 0 amide bonds. The van der Waals surface area contributed by atoms with Crippen molar-refractivity contribution in [2.45, 2.75) is 39.5 Å². The van der Waals surface area contributed by atoms with Crippen molar-refractivity contribution in [2.24, 2.45) is 0 Å². The first-order chi connectivity index (χ1) is 9.63. The SMILES string of the molecule is C=Cc1cc(N(CCCC)CCCC)ccc1C(=O)O. The highest BCUT2D eigenvalue weighted by Crippen LogP contribution is 2.22. The standard InChI is InChI=1S/C17H25NO2/c1-4-7-11-18(12-8-5-2)15-9-10-16(17(19)20)14(6-3)13-15/h6,9-10,13H,3-5,7-8,11-12H2,1-2H3,(H,19,20). The van der Waals surface area contributed by atoms with Gasteiger partial charge < -0.3 is 10.0 Å². The van der Waals surface area contributed by atoms with Crippen molar-refractivity contribution in [3.8, 4) is 0 Å². The molecule has 0 radical (unpaired) electrons. The van der Waals surface area contributed by atoms with Gasteiger partial charge in [-0.05, 0) is 36.6 Å². The van der Waals surface area contributed by atoms with E-state index in [1.54, 1.807) is 12.1 Å². The fraction of sp³-hybridized carbons (Fsp3) is 0.471. The number of carbonyl (C=O) groups is 1. The lowest BCUT2D eigenvalue weighted by Gasteiger charge is -2.25. The summed E-state index contributed by atoms with van der Waals surface area (Å²) in [4.78, 5) is 13.5. The molecule has 1 N–H and O–H groups in total. The first-order valence-electron chi connectivity index (χ1n) is 7.38. The van der Waals surface area contributed by atoms with Crippen LogP contribution in [0.5, 0.6) is 0 Å². The highest BCUT2D eigenvalue weighted by Gasteiger charge is 2.11. The Morgan fingerprint density at radius 3 is 2.30 bits per heavy atom. The number of carboxylic acid groups (broad SMARTS) is 1. The van der Waals surface area contributed by atoms with Crippen molar-refractivity contribution in [3.63, 3.8) is 0 Å². The Morgan fingerprint density at radius 1 is 1.25 bits per heavy atom. The predicted molar refractivity (Wildman–Crippen MR) is 85.5 cm³/mol. The van der Waals surface area contributed by atoms with Gasteiger partial charge in [0.15, 0.2) is 0 Å². The Kier molecular flexibility index (Phi) is 6.85. The first-order valence-corrected chi connectivity index (χ1v) is 7.38. The summed E-state index contributed by atoms with van der Waals surface area (Å²) < 4.78 is 0. The molecule has 20 heavy (non-hydrogen) atoms. The van der Waals surface area contributed by atoms with Crippen molar-refractivity contribution in [3.05, 3.63) is 35.9 Å². The Labute approximate surface area is 121 Å². The molecule has 0 heterocycles. The van der Waals surface area contributed by atoms with Crippen LogP contribution in [-0.4, -0.2) is 24.2 Å². The molecule has 0 aliphatic carbocycles. The van der Waals surface area contributed by atoms with Gasteiger partial charge in [0.2, 0.25) is 0 Å². The van der Waals surface area contributed by atoms with Crippen LogP contribution >= 0.6 is 0 Å². The zero-order chi connectivity index (χ0) is 15.0. The molecule has 0 aliphatic heterocycles. The average Bonchev–Trinajstić information content (AvgIpc) is 2.46. The minimum Gasteiger partial charge on any atom is -0.478 e. The van der Waals surface area contributed by atoms with Gasteiger partial charge in [-0.25, -0.2) is 4.79 Å². The summed E-state index contributed by atoms with van der Waals surface area (Å²) in [5.74, 6) is -0.903. The fourth-order valence-electron chi connectivity index (χ4n) is 2.18. The molecule has 1 aromatic carbocycles. The van der Waals surface area contributed by atoms with Crippen molar-refractivity contribution >= 4 is 17.7 Å². The Balaban J connectivity index is 3.00. The molecule has 3 nitrogen and oxygen atoms in total. The number of aromatic carboxylic acids is 1. The molecule has 0 aromatic heterocycles. The van der Waals surface area contributed by atoms with E-state index < -0.39 is 5.97 Å². The summed E-state index contributed by atoms with van der Waals surface area (Å²) in [6, 6.07) is 5.52. The fourth-order valence-corrected chi connectivity index (χ4v) is 2.18. The lowest BCUT2D eigenvalue weighted by Crippen LogP contribution is -2.25. The van der Waals surface area contributed by atoms with Gasteiger partial charge in [-0.2, -0.15) is 0 Å². The molecule has 0 spiro atoms. The largest absolute Gasteiger partial charge is 0.478 e. The maximum atomic E-state index is 11.1. The minimum absolute atomic E-state index is 0.315. The van der Waals surface area contributed by atoms with Crippen LogP contribution in [0.2, 0.25) is 0 Å². The number of benzene rings is 1. The van der Waals surface area contributed by atoms with Gasteiger partial charge in [0, 0.05) is 18.8 Å². The minimum atomic E-state index is -0.903. The van der Waals surface area contributed by atoms with Crippen LogP contribution in [0.4, 0.5) is 5.69 Å². The second kappa shape index (κ2) is 8.41. The monoisotopic (exact) mass is 275 g/mol. The van der Waals surface area contributed by atoms with Crippen LogP contribution in [0.15, 0.2) is 24.8 Å². The summed E-state index contributed by atoms with van der Waals surface area (Å²) in [6.07, 6.45) is 6.22. The van der Waals surface area contributed by atoms with Gasteiger partial charge in [-0.15, -0.1) is 0 Å². The third-order valence-electron chi connectivity index (χ3n) is 3.41. The smallest absolute Gasteiger partial charge is 0.336 e. The molecule has 1 rings (SSSR count). The number of anilines is 1. The summed E-state index contributed by atoms with van der Waals surface area (Å²) in [5.41, 5.74) is 2.09. The van der Waals surface area contributed by atoms with Gasteiger partial charge in [0.25, 0.3) is 0 Å². The van der Waals surface area contributed by atoms with Gasteiger partial charge in [0.1, 0.15) is 0 Å². The molecule has 0 bridgehead atoms. The van der Waals surface area contributed by atoms with Crippen LogP contribution in [0, 0.1) is 0 Å². The van der Waals surface area contributed by atoms with E-state index in [0.717, 1.165) is 44.5 Å². The highest BCUT2D eigenvalue weighted by molar-refractivity contribution is 5.92. The lowest BCUT2D eigenvalue weighted by atomic mass is 10.1. The van der Waals surface area contributed by atoms with Crippen LogP contribution in [0.25, 0.3) is 6.08 Å². The zero-order valence-corrected chi connectivity index (χ0v) is 12.6. The van der Waals surface area contributed by atoms with E-state index in [1.165, 1.54) is 0 Å². The highest BCUT2D eigenvalue weighted by atomic mass is 16.4. The molecule has 0 atom stereocenters. The van der Waals surface area contributed by atoms with Gasteiger partial charge >= 0.3 is 5.97 Å². The third-order valence-corrected chi connectivity index (χ3v) is 3.41. The summed E-state index contributed by atoms with van der Waals surface area (Å²) in [7, 11) is 0. The lowest BCUT2D eigenvalue weighted by molar-refractivity contribution is 0.0696. The molecule has 0 fully saturated rings. The molecule has 0 aliphatic rings. The quantitative estimate of drug-likeness (QED) is 0.724. The molecule has 110 valence electrons. The van der Waals surface area contributed by atoms with Crippen LogP contribution in [0.1, 0.15) is 55.5 Å². The zero-order valence-electron chi connectivity index (χ0n) is 12.6. The molecule has 3 heteroatoms. The van der Waals surface area contributed by atoms with Gasteiger partial charge in [-0.1, -0.05) is 39.3 Å². The maximum Gasteiger partial charge on any atom is 0.336 e. The molecule has 0 unspecified atom stereocenters. The van der Waals surface area contributed by atoms with Gasteiger partial charge in [-0.3, -0.25) is 0 Å². The predicted octanol–water partition coefficient (Wildman–Crippen LogP) is 4.43. The molecular weight excluding hydrogens is 250 g/mol. The van der Waals surface area contributed by atoms with Crippen molar-refractivity contribution in [1.82, 2.24) is 0 Å². The van der Waals surface area contributed by atoms with E-state index in [4.69, 9.17) is 5.11 Å². The van der Waals surface area contributed by atoms with E-state index >= 15 is 0 Å². The summed E-state index contributed by atoms with van der Waals surface area (Å²) >= 11 is 0. The number of hydrogen-bond donors (Lipinski definition) is 1. The topological polar surface area (TPSA) is 40.5 Å².